The van der Waals surface area contributed by atoms with Crippen LogP contribution < -0.4 is 0 Å². The zero-order valence-electron chi connectivity index (χ0n) is 8.81. The third-order valence-electron chi connectivity index (χ3n) is 2.43. The number of hydrogen-bond donors (Lipinski definition) is 3. The van der Waals surface area contributed by atoms with Gasteiger partial charge in [-0.05, 0) is 36.2 Å². The maximum Gasteiger partial charge on any atom is 0.127 e. The van der Waals surface area contributed by atoms with Crippen LogP contribution in [0.15, 0.2) is 36.4 Å². The van der Waals surface area contributed by atoms with Gasteiger partial charge in [-0.2, -0.15) is 0 Å². The summed E-state index contributed by atoms with van der Waals surface area (Å²) in [4.78, 5) is 0. The van der Waals surface area contributed by atoms with Crippen LogP contribution in [0, 0.1) is 6.92 Å². The highest BCUT2D eigenvalue weighted by Gasteiger charge is 2.09. The minimum atomic E-state index is 0.00287. The van der Waals surface area contributed by atoms with E-state index < -0.39 is 0 Å². The highest BCUT2D eigenvalue weighted by atomic mass is 16.3. The van der Waals surface area contributed by atoms with Crippen LogP contribution in [0.25, 0.3) is 11.1 Å². The molecule has 0 aliphatic carbocycles. The quantitative estimate of drug-likeness (QED) is 0.686. The minimum Gasteiger partial charge on any atom is -0.508 e. The summed E-state index contributed by atoms with van der Waals surface area (Å²) in [5, 5.41) is 28.5. The van der Waals surface area contributed by atoms with Crippen LogP contribution in [0.3, 0.4) is 0 Å². The second kappa shape index (κ2) is 3.77. The number of phenolic OH excluding ortho intramolecular Hbond substituents is 3. The van der Waals surface area contributed by atoms with Gasteiger partial charge in [-0.3, -0.25) is 0 Å². The average Bonchev–Trinajstić information content (AvgIpc) is 2.15. The molecule has 0 bridgehead atoms. The van der Waals surface area contributed by atoms with E-state index in [9.17, 15) is 15.3 Å². The highest BCUT2D eigenvalue weighted by Crippen LogP contribution is 2.36. The average molecular weight is 216 g/mol. The van der Waals surface area contributed by atoms with Crippen LogP contribution in [-0.4, -0.2) is 15.3 Å². The Kier molecular flexibility index (Phi) is 2.44. The van der Waals surface area contributed by atoms with Gasteiger partial charge in [-0.15, -0.1) is 0 Å². The Morgan fingerprint density at radius 3 is 2.25 bits per heavy atom. The van der Waals surface area contributed by atoms with E-state index >= 15 is 0 Å². The molecule has 0 aromatic heterocycles. The predicted octanol–water partition coefficient (Wildman–Crippen LogP) is 2.78. The Bertz CT molecular complexity index is 509. The molecule has 0 aliphatic rings. The van der Waals surface area contributed by atoms with E-state index in [2.05, 4.69) is 0 Å². The Hall–Kier alpha value is -2.16. The van der Waals surface area contributed by atoms with Crippen LogP contribution in [-0.2, 0) is 0 Å². The second-order valence-electron chi connectivity index (χ2n) is 3.71. The molecular formula is C13H12O3. The molecule has 2 rings (SSSR count). The topological polar surface area (TPSA) is 60.7 Å². The first-order chi connectivity index (χ1) is 7.58. The summed E-state index contributed by atoms with van der Waals surface area (Å²) in [7, 11) is 0. The molecule has 0 amide bonds. The molecular weight excluding hydrogens is 204 g/mol. The standard InChI is InChI=1S/C13H12O3/c1-8-5-11(15)7-12(16)13(8)9-3-2-4-10(14)6-9/h2-7,14-16H,1H3. The van der Waals surface area contributed by atoms with Crippen LogP contribution in [0.5, 0.6) is 17.2 Å². The van der Waals surface area contributed by atoms with Gasteiger partial charge in [-0.25, -0.2) is 0 Å². The van der Waals surface area contributed by atoms with E-state index in [-0.39, 0.29) is 17.2 Å². The fourth-order valence-corrected chi connectivity index (χ4v) is 1.79. The van der Waals surface area contributed by atoms with E-state index in [1.165, 1.54) is 6.07 Å². The summed E-state index contributed by atoms with van der Waals surface area (Å²) in [6, 6.07) is 9.48. The highest BCUT2D eigenvalue weighted by molar-refractivity contribution is 5.75. The van der Waals surface area contributed by atoms with Gasteiger partial charge in [0.15, 0.2) is 0 Å². The van der Waals surface area contributed by atoms with Crippen molar-refractivity contribution < 1.29 is 15.3 Å². The van der Waals surface area contributed by atoms with Crippen molar-refractivity contribution in [1.82, 2.24) is 0 Å². The molecule has 0 heterocycles. The van der Waals surface area contributed by atoms with Crippen LogP contribution in [0.1, 0.15) is 5.56 Å². The van der Waals surface area contributed by atoms with Crippen LogP contribution in [0.2, 0.25) is 0 Å². The Labute approximate surface area is 93.2 Å². The third kappa shape index (κ3) is 1.80. The molecule has 3 N–H and O–H groups in total. The lowest BCUT2D eigenvalue weighted by Gasteiger charge is -2.09. The molecule has 2 aromatic carbocycles. The fourth-order valence-electron chi connectivity index (χ4n) is 1.79. The van der Waals surface area contributed by atoms with E-state index in [4.69, 9.17) is 0 Å². The molecule has 0 unspecified atom stereocenters. The first kappa shape index (κ1) is 10.4. The third-order valence-corrected chi connectivity index (χ3v) is 2.43. The van der Waals surface area contributed by atoms with Crippen molar-refractivity contribution in [1.29, 1.82) is 0 Å². The maximum atomic E-state index is 9.77. The van der Waals surface area contributed by atoms with Crippen molar-refractivity contribution in [3.05, 3.63) is 42.0 Å². The molecule has 0 saturated carbocycles. The van der Waals surface area contributed by atoms with Crippen molar-refractivity contribution in [2.24, 2.45) is 0 Å². The lowest BCUT2D eigenvalue weighted by atomic mass is 9.99. The predicted molar refractivity (Wildman–Crippen MR) is 61.6 cm³/mol. The number of benzene rings is 2. The molecule has 0 atom stereocenters. The molecule has 3 nitrogen and oxygen atoms in total. The van der Waals surface area contributed by atoms with Crippen LogP contribution in [0.4, 0.5) is 0 Å². The first-order valence-corrected chi connectivity index (χ1v) is 4.90. The number of hydrogen-bond acceptors (Lipinski definition) is 3. The molecule has 0 aliphatic heterocycles. The van der Waals surface area contributed by atoms with Crippen molar-refractivity contribution in [2.75, 3.05) is 0 Å². The molecule has 0 spiro atoms. The van der Waals surface area contributed by atoms with Crippen molar-refractivity contribution >= 4 is 0 Å². The minimum absolute atomic E-state index is 0.00287. The molecule has 0 fully saturated rings. The summed E-state index contributed by atoms with van der Waals surface area (Å²) < 4.78 is 0. The van der Waals surface area contributed by atoms with Gasteiger partial charge in [0.05, 0.1) is 0 Å². The van der Waals surface area contributed by atoms with Gasteiger partial charge in [-0.1, -0.05) is 12.1 Å². The van der Waals surface area contributed by atoms with Gasteiger partial charge in [0.2, 0.25) is 0 Å². The molecule has 3 heteroatoms. The van der Waals surface area contributed by atoms with E-state index in [0.29, 0.717) is 5.56 Å². The summed E-state index contributed by atoms with van der Waals surface area (Å²) in [6.45, 7) is 1.79. The first-order valence-electron chi connectivity index (χ1n) is 4.90. The van der Waals surface area contributed by atoms with Gasteiger partial charge in [0.25, 0.3) is 0 Å². The molecule has 2 aromatic rings. The van der Waals surface area contributed by atoms with E-state index in [1.54, 1.807) is 37.3 Å². The summed E-state index contributed by atoms with van der Waals surface area (Å²) >= 11 is 0. The number of aromatic hydroxyl groups is 3. The zero-order chi connectivity index (χ0) is 11.7. The Morgan fingerprint density at radius 2 is 1.62 bits per heavy atom. The van der Waals surface area contributed by atoms with Crippen molar-refractivity contribution in [3.63, 3.8) is 0 Å². The number of phenols is 3. The molecule has 0 saturated heterocycles. The van der Waals surface area contributed by atoms with E-state index in [1.807, 2.05) is 0 Å². The van der Waals surface area contributed by atoms with Gasteiger partial charge in [0.1, 0.15) is 17.2 Å². The lowest BCUT2D eigenvalue weighted by molar-refractivity contribution is 0.451. The monoisotopic (exact) mass is 216 g/mol. The number of rotatable bonds is 1. The zero-order valence-corrected chi connectivity index (χ0v) is 8.81. The fraction of sp³-hybridized carbons (Fsp3) is 0.0769. The van der Waals surface area contributed by atoms with Gasteiger partial charge in [0, 0.05) is 11.6 Å². The summed E-state index contributed by atoms with van der Waals surface area (Å²) in [5.41, 5.74) is 2.09. The largest absolute Gasteiger partial charge is 0.508 e. The Balaban J connectivity index is 2.64. The van der Waals surface area contributed by atoms with Gasteiger partial charge < -0.3 is 15.3 Å². The smallest absolute Gasteiger partial charge is 0.127 e. The second-order valence-corrected chi connectivity index (χ2v) is 3.71. The van der Waals surface area contributed by atoms with Crippen LogP contribution >= 0.6 is 0 Å². The summed E-state index contributed by atoms with van der Waals surface area (Å²) in [5.74, 6) is 0.173. The number of aryl methyl sites for hydroxylation is 1. The van der Waals surface area contributed by atoms with Crippen molar-refractivity contribution in [3.8, 4) is 28.4 Å². The molecule has 16 heavy (non-hydrogen) atoms. The molecule has 0 radical (unpaired) electrons. The Morgan fingerprint density at radius 1 is 0.875 bits per heavy atom. The van der Waals surface area contributed by atoms with Crippen molar-refractivity contribution in [2.45, 2.75) is 6.92 Å². The van der Waals surface area contributed by atoms with E-state index in [0.717, 1.165) is 11.1 Å². The SMILES string of the molecule is Cc1cc(O)cc(O)c1-c1cccc(O)c1. The lowest BCUT2D eigenvalue weighted by Crippen LogP contribution is -1.84. The summed E-state index contributed by atoms with van der Waals surface area (Å²) in [6.07, 6.45) is 0. The molecule has 82 valence electrons. The maximum absolute atomic E-state index is 9.77. The van der Waals surface area contributed by atoms with Gasteiger partial charge >= 0.3 is 0 Å². The normalized spacial score (nSPS) is 10.3.